The molecule has 0 radical (unpaired) electrons. The molecule has 4 aromatic rings. The van der Waals surface area contributed by atoms with E-state index in [9.17, 15) is 0 Å². The summed E-state index contributed by atoms with van der Waals surface area (Å²) in [6.45, 7) is 6.00. The number of nitriles is 1. The second-order valence-electron chi connectivity index (χ2n) is 6.76. The Bertz CT molecular complexity index is 1110. The Hall–Kier alpha value is -3.24. The van der Waals surface area contributed by atoms with Gasteiger partial charge in [-0.2, -0.15) is 5.26 Å². The van der Waals surface area contributed by atoms with Crippen molar-refractivity contribution in [2.45, 2.75) is 39.5 Å². The number of rotatable bonds is 2. The van der Waals surface area contributed by atoms with Crippen molar-refractivity contribution in [3.05, 3.63) is 53.8 Å². The predicted octanol–water partition coefficient (Wildman–Crippen LogP) is 4.79. The van der Waals surface area contributed by atoms with Crippen molar-refractivity contribution in [1.82, 2.24) is 19.7 Å². The number of pyridine rings is 1. The molecule has 0 unspecified atom stereocenters. The van der Waals surface area contributed by atoms with Gasteiger partial charge in [0.2, 0.25) is 0 Å². The number of imidazole rings is 1. The number of ether oxygens (including phenoxy) is 1. The molecule has 0 bridgehead atoms. The average molecular weight is 406 g/mol. The molecule has 0 saturated carbocycles. The Kier molecular flexibility index (Phi) is 7.52. The van der Waals surface area contributed by atoms with Crippen molar-refractivity contribution in [1.29, 1.82) is 5.26 Å². The molecule has 1 fully saturated rings. The molecule has 0 N–H and O–H groups in total. The van der Waals surface area contributed by atoms with Gasteiger partial charge in [-0.25, -0.2) is 4.98 Å². The Morgan fingerprint density at radius 3 is 2.50 bits per heavy atom. The van der Waals surface area contributed by atoms with E-state index >= 15 is 0 Å². The summed E-state index contributed by atoms with van der Waals surface area (Å²) in [5.74, 6) is 0.876. The van der Waals surface area contributed by atoms with Crippen LogP contribution in [0.15, 0.2) is 41.2 Å². The maximum atomic E-state index is 9.10. The van der Waals surface area contributed by atoms with E-state index in [1.165, 1.54) is 19.3 Å². The third-order valence-corrected chi connectivity index (χ3v) is 4.83. The molecule has 0 aliphatic carbocycles. The summed E-state index contributed by atoms with van der Waals surface area (Å²) in [4.78, 5) is 9.05. The SMILES string of the molecule is C1CCOCC1.CC.Cn1c(Cc2ccon2)nc2cnc3ccc(C#N)cc3c21. The highest BCUT2D eigenvalue weighted by Crippen LogP contribution is 2.25. The topological polar surface area (TPSA) is 89.8 Å². The van der Waals surface area contributed by atoms with Crippen LogP contribution in [0.5, 0.6) is 0 Å². The van der Waals surface area contributed by atoms with Crippen LogP contribution < -0.4 is 0 Å². The lowest BCUT2D eigenvalue weighted by molar-refractivity contribution is 0.0968. The Balaban J connectivity index is 0.000000273. The minimum atomic E-state index is 0.584. The summed E-state index contributed by atoms with van der Waals surface area (Å²) >= 11 is 0. The average Bonchev–Trinajstić information content (AvgIpc) is 3.44. The molecular formula is C23H27N5O2. The van der Waals surface area contributed by atoms with Crippen molar-refractivity contribution in [3.8, 4) is 6.07 Å². The smallest absolute Gasteiger partial charge is 0.124 e. The normalized spacial score (nSPS) is 13.1. The summed E-state index contributed by atoms with van der Waals surface area (Å²) in [5, 5.41) is 14.0. The minimum Gasteiger partial charge on any atom is -0.381 e. The standard InChI is InChI=1S/C16H11N5O.C5H10O.C2H6/c1-21-15(7-11-4-5-22-20-11)19-14-9-18-13-3-2-10(8-17)6-12(13)16(14)21;1-2-4-6-5-3-1;1-2/h2-6,9H,7H2,1H3;1-5H2;1-2H3. The molecule has 1 saturated heterocycles. The fourth-order valence-electron chi connectivity index (χ4n) is 3.35. The van der Waals surface area contributed by atoms with E-state index in [1.54, 1.807) is 18.5 Å². The van der Waals surface area contributed by atoms with Crippen LogP contribution in [0.2, 0.25) is 0 Å². The Labute approximate surface area is 176 Å². The molecule has 3 aromatic heterocycles. The van der Waals surface area contributed by atoms with E-state index in [2.05, 4.69) is 21.2 Å². The van der Waals surface area contributed by atoms with Gasteiger partial charge in [0, 0.05) is 31.7 Å². The first-order valence-electron chi connectivity index (χ1n) is 10.4. The molecule has 0 atom stereocenters. The molecule has 1 aliphatic rings. The van der Waals surface area contributed by atoms with Crippen LogP contribution in [0.25, 0.3) is 21.9 Å². The van der Waals surface area contributed by atoms with Gasteiger partial charge in [0.15, 0.2) is 0 Å². The Morgan fingerprint density at radius 1 is 1.10 bits per heavy atom. The van der Waals surface area contributed by atoms with Crippen LogP contribution in [0, 0.1) is 11.3 Å². The second-order valence-corrected chi connectivity index (χ2v) is 6.76. The van der Waals surface area contributed by atoms with E-state index < -0.39 is 0 Å². The predicted molar refractivity (Wildman–Crippen MR) is 116 cm³/mol. The highest BCUT2D eigenvalue weighted by atomic mass is 16.5. The molecule has 1 aromatic carbocycles. The number of hydrogen-bond acceptors (Lipinski definition) is 6. The number of fused-ring (bicyclic) bond motifs is 3. The summed E-state index contributed by atoms with van der Waals surface area (Å²) in [6, 6.07) is 9.47. The van der Waals surface area contributed by atoms with Crippen molar-refractivity contribution in [3.63, 3.8) is 0 Å². The fourth-order valence-corrected chi connectivity index (χ4v) is 3.35. The molecule has 0 spiro atoms. The maximum absolute atomic E-state index is 9.10. The van der Waals surface area contributed by atoms with Crippen LogP contribution >= 0.6 is 0 Å². The summed E-state index contributed by atoms with van der Waals surface area (Å²) in [7, 11) is 1.96. The van der Waals surface area contributed by atoms with Gasteiger partial charge in [0.25, 0.3) is 0 Å². The molecule has 7 heteroatoms. The monoisotopic (exact) mass is 405 g/mol. The molecule has 4 heterocycles. The van der Waals surface area contributed by atoms with Gasteiger partial charge in [0.1, 0.15) is 17.6 Å². The minimum absolute atomic E-state index is 0.584. The zero-order chi connectivity index (χ0) is 21.3. The van der Waals surface area contributed by atoms with E-state index in [1.807, 2.05) is 43.7 Å². The van der Waals surface area contributed by atoms with Crippen LogP contribution in [0.3, 0.4) is 0 Å². The highest BCUT2D eigenvalue weighted by Gasteiger charge is 2.13. The van der Waals surface area contributed by atoms with Crippen LogP contribution in [0.4, 0.5) is 0 Å². The molecule has 7 nitrogen and oxygen atoms in total. The van der Waals surface area contributed by atoms with Gasteiger partial charge in [-0.15, -0.1) is 0 Å². The molecule has 30 heavy (non-hydrogen) atoms. The number of aryl methyl sites for hydroxylation is 1. The van der Waals surface area contributed by atoms with E-state index in [4.69, 9.17) is 14.5 Å². The first-order chi connectivity index (χ1) is 14.8. The van der Waals surface area contributed by atoms with Crippen LogP contribution in [-0.4, -0.2) is 32.9 Å². The summed E-state index contributed by atoms with van der Waals surface area (Å²) < 4.78 is 12.0. The van der Waals surface area contributed by atoms with Crippen molar-refractivity contribution in [2.24, 2.45) is 7.05 Å². The first kappa shape index (κ1) is 21.5. The van der Waals surface area contributed by atoms with E-state index in [0.717, 1.165) is 46.7 Å². The largest absolute Gasteiger partial charge is 0.381 e. The summed E-state index contributed by atoms with van der Waals surface area (Å²) in [5.41, 5.74) is 4.07. The van der Waals surface area contributed by atoms with Gasteiger partial charge < -0.3 is 13.8 Å². The van der Waals surface area contributed by atoms with Crippen molar-refractivity contribution in [2.75, 3.05) is 13.2 Å². The first-order valence-corrected chi connectivity index (χ1v) is 10.4. The van der Waals surface area contributed by atoms with Gasteiger partial charge in [-0.05, 0) is 37.5 Å². The lowest BCUT2D eigenvalue weighted by Gasteiger charge is -2.08. The van der Waals surface area contributed by atoms with Gasteiger partial charge in [-0.3, -0.25) is 4.98 Å². The fraction of sp³-hybridized carbons (Fsp3) is 0.391. The van der Waals surface area contributed by atoms with E-state index in [0.29, 0.717) is 12.0 Å². The van der Waals surface area contributed by atoms with Gasteiger partial charge in [0.05, 0.1) is 41.0 Å². The zero-order valence-corrected chi connectivity index (χ0v) is 17.8. The molecule has 0 amide bonds. The maximum Gasteiger partial charge on any atom is 0.124 e. The molecule has 1 aliphatic heterocycles. The number of benzene rings is 1. The highest BCUT2D eigenvalue weighted by molar-refractivity contribution is 6.02. The third kappa shape index (κ3) is 4.84. The second kappa shape index (κ2) is 10.5. The molecule has 156 valence electrons. The zero-order valence-electron chi connectivity index (χ0n) is 17.8. The lowest BCUT2D eigenvalue weighted by atomic mass is 10.1. The Morgan fingerprint density at radius 2 is 1.90 bits per heavy atom. The van der Waals surface area contributed by atoms with Crippen LogP contribution in [0.1, 0.15) is 50.2 Å². The quantitative estimate of drug-likeness (QED) is 0.476. The third-order valence-electron chi connectivity index (χ3n) is 4.83. The number of hydrogen-bond donors (Lipinski definition) is 0. The lowest BCUT2D eigenvalue weighted by Crippen LogP contribution is -2.03. The van der Waals surface area contributed by atoms with Crippen molar-refractivity contribution < 1.29 is 9.26 Å². The number of nitrogens with zero attached hydrogens (tertiary/aromatic N) is 5. The van der Waals surface area contributed by atoms with Gasteiger partial charge in [-0.1, -0.05) is 19.0 Å². The molecular weight excluding hydrogens is 378 g/mol. The van der Waals surface area contributed by atoms with E-state index in [-0.39, 0.29) is 0 Å². The van der Waals surface area contributed by atoms with Crippen molar-refractivity contribution >= 4 is 21.9 Å². The molecule has 5 rings (SSSR count). The van der Waals surface area contributed by atoms with Gasteiger partial charge >= 0.3 is 0 Å². The summed E-state index contributed by atoms with van der Waals surface area (Å²) in [6.07, 6.45) is 7.82. The number of aromatic nitrogens is 4. The van der Waals surface area contributed by atoms with Crippen LogP contribution in [-0.2, 0) is 18.2 Å².